The van der Waals surface area contributed by atoms with Crippen LogP contribution in [0.15, 0.2) is 42.5 Å². The summed E-state index contributed by atoms with van der Waals surface area (Å²) >= 11 is 18.7. The normalized spacial score (nSPS) is 18.7. The molecule has 0 spiro atoms. The molecule has 10 heteroatoms. The molecule has 1 aliphatic rings. The monoisotopic (exact) mass is 590 g/mol. The Balaban J connectivity index is 1.80. The fourth-order valence-electron chi connectivity index (χ4n) is 4.18. The van der Waals surface area contributed by atoms with E-state index in [1.54, 1.807) is 19.2 Å². The van der Waals surface area contributed by atoms with Crippen molar-refractivity contribution in [3.63, 3.8) is 0 Å². The maximum Gasteiger partial charge on any atom is 0.218 e. The van der Waals surface area contributed by atoms with E-state index in [1.807, 2.05) is 18.2 Å². The molecule has 0 unspecified atom stereocenters. The molecule has 0 bridgehead atoms. The van der Waals surface area contributed by atoms with Crippen LogP contribution < -0.4 is 0 Å². The van der Waals surface area contributed by atoms with Gasteiger partial charge in [0.05, 0.1) is 21.9 Å². The van der Waals surface area contributed by atoms with E-state index in [2.05, 4.69) is 50.9 Å². The highest BCUT2D eigenvalue weighted by Gasteiger charge is 2.41. The third-order valence-corrected chi connectivity index (χ3v) is 14.9. The Morgan fingerprint density at radius 3 is 2.31 bits per heavy atom. The number of rotatable bonds is 9. The Morgan fingerprint density at radius 2 is 1.69 bits per heavy atom. The minimum absolute atomic E-state index is 0.107. The van der Waals surface area contributed by atoms with Gasteiger partial charge < -0.3 is 4.43 Å². The van der Waals surface area contributed by atoms with Crippen LogP contribution in [0.2, 0.25) is 33.2 Å². The van der Waals surface area contributed by atoms with Gasteiger partial charge in [-0.05, 0) is 42.2 Å². The van der Waals surface area contributed by atoms with E-state index in [1.165, 1.54) is 4.31 Å². The summed E-state index contributed by atoms with van der Waals surface area (Å²) in [6, 6.07) is 13.1. The molecule has 0 radical (unpaired) electrons. The maximum absolute atomic E-state index is 13.4. The molecule has 1 fully saturated rings. The second-order valence-corrected chi connectivity index (χ2v) is 19.1. The van der Waals surface area contributed by atoms with E-state index in [4.69, 9.17) is 39.2 Å². The van der Waals surface area contributed by atoms with Crippen molar-refractivity contribution in [2.24, 2.45) is 0 Å². The van der Waals surface area contributed by atoms with Crippen LogP contribution >= 0.6 is 34.8 Å². The number of halogens is 3. The number of hydrogen-bond donors (Lipinski definition) is 0. The fraction of sp³-hybridized carbons (Fsp3) is 0.538. The molecule has 1 aliphatic heterocycles. The van der Waals surface area contributed by atoms with Crippen LogP contribution in [-0.2, 0) is 20.2 Å². The first-order valence-electron chi connectivity index (χ1n) is 12.2. The molecule has 0 aromatic heterocycles. The van der Waals surface area contributed by atoms with Crippen molar-refractivity contribution < 1.29 is 12.8 Å². The molecule has 2 aromatic carbocycles. The van der Waals surface area contributed by atoms with E-state index in [-0.39, 0.29) is 38.0 Å². The molecule has 0 saturated carbocycles. The van der Waals surface area contributed by atoms with Gasteiger partial charge in [-0.3, -0.25) is 4.90 Å². The zero-order valence-corrected chi connectivity index (χ0v) is 26.0. The summed E-state index contributed by atoms with van der Waals surface area (Å²) < 4.78 is 34.9. The molecule has 200 valence electrons. The lowest BCUT2D eigenvalue weighted by Gasteiger charge is -2.38. The highest BCUT2D eigenvalue weighted by Crippen LogP contribution is 2.39. The molecule has 2 aromatic rings. The van der Waals surface area contributed by atoms with Gasteiger partial charge in [0.1, 0.15) is 0 Å². The lowest BCUT2D eigenvalue weighted by Crippen LogP contribution is -2.45. The lowest BCUT2D eigenvalue weighted by molar-refractivity contribution is 0.156. The van der Waals surface area contributed by atoms with Crippen LogP contribution in [0.5, 0.6) is 0 Å². The van der Waals surface area contributed by atoms with Crippen LogP contribution in [0.1, 0.15) is 44.4 Å². The number of sulfonamides is 1. The summed E-state index contributed by atoms with van der Waals surface area (Å²) in [5.74, 6) is -0.319. The van der Waals surface area contributed by atoms with E-state index in [0.29, 0.717) is 12.1 Å². The van der Waals surface area contributed by atoms with Crippen LogP contribution in [0.3, 0.4) is 0 Å². The lowest BCUT2D eigenvalue weighted by atomic mass is 10.1. The average molecular weight is 592 g/mol. The summed E-state index contributed by atoms with van der Waals surface area (Å²) in [7, 11) is -4.01. The topological polar surface area (TPSA) is 49.9 Å². The van der Waals surface area contributed by atoms with Crippen molar-refractivity contribution >= 4 is 53.1 Å². The quantitative estimate of drug-likeness (QED) is 0.228. The van der Waals surface area contributed by atoms with Gasteiger partial charge in [-0.15, -0.1) is 0 Å². The van der Waals surface area contributed by atoms with Gasteiger partial charge in [0.25, 0.3) is 0 Å². The standard InChI is InChI=1S/C26H37Cl3N2O3SSi/c1-26(2,3)36(5,6)34-20-14-15-31(16-20)24(19-10-8-7-9-11-19)17-30(4)35(32,33)18-21-22(27)12-13-23(28)25(21)29/h7-13,20,24H,14-18H2,1-6H3/t20-,24-/m0/s1. The molecule has 5 nitrogen and oxygen atoms in total. The Bertz CT molecular complexity index is 1160. The molecule has 1 saturated heterocycles. The van der Waals surface area contributed by atoms with E-state index >= 15 is 0 Å². The summed E-state index contributed by atoms with van der Waals surface area (Å²) in [5, 5.41) is 0.870. The Labute approximate surface area is 232 Å². The number of hydrogen-bond acceptors (Lipinski definition) is 4. The van der Waals surface area contributed by atoms with Crippen molar-refractivity contribution in [1.82, 2.24) is 9.21 Å². The average Bonchev–Trinajstić information content (AvgIpc) is 3.24. The van der Waals surface area contributed by atoms with Crippen LogP contribution in [0.25, 0.3) is 0 Å². The minimum atomic E-state index is -3.71. The number of likely N-dealkylation sites (N-methyl/N-ethyl adjacent to an activating group) is 1. The zero-order chi connectivity index (χ0) is 26.9. The number of likely N-dealkylation sites (tertiary alicyclic amines) is 1. The van der Waals surface area contributed by atoms with E-state index < -0.39 is 18.3 Å². The predicted octanol–water partition coefficient (Wildman–Crippen LogP) is 7.25. The first-order valence-corrected chi connectivity index (χ1v) is 17.8. The van der Waals surface area contributed by atoms with Gasteiger partial charge in [-0.25, -0.2) is 12.7 Å². The Morgan fingerprint density at radius 1 is 1.08 bits per heavy atom. The second kappa shape index (κ2) is 11.6. The molecule has 1 heterocycles. The molecule has 36 heavy (non-hydrogen) atoms. The Kier molecular flexibility index (Phi) is 9.65. The van der Waals surface area contributed by atoms with Gasteiger partial charge in [-0.1, -0.05) is 85.9 Å². The SMILES string of the molecule is CN(C[C@@H](c1ccccc1)N1CC[C@H](O[Si](C)(C)C(C)(C)C)C1)S(=O)(=O)Cc1c(Cl)ccc(Cl)c1Cl. The van der Waals surface area contributed by atoms with Gasteiger partial charge >= 0.3 is 0 Å². The predicted molar refractivity (Wildman–Crippen MR) is 154 cm³/mol. The molecule has 0 N–H and O–H groups in total. The van der Waals surface area contributed by atoms with E-state index in [0.717, 1.165) is 25.1 Å². The zero-order valence-electron chi connectivity index (χ0n) is 21.9. The number of benzene rings is 2. The largest absolute Gasteiger partial charge is 0.413 e. The van der Waals surface area contributed by atoms with Crippen molar-refractivity contribution in [2.75, 3.05) is 26.7 Å². The summed E-state index contributed by atoms with van der Waals surface area (Å²) in [4.78, 5) is 2.35. The minimum Gasteiger partial charge on any atom is -0.413 e. The van der Waals surface area contributed by atoms with Gasteiger partial charge in [0, 0.05) is 43.3 Å². The third kappa shape index (κ3) is 7.06. The van der Waals surface area contributed by atoms with E-state index in [9.17, 15) is 8.42 Å². The molecule has 2 atom stereocenters. The van der Waals surface area contributed by atoms with Crippen LogP contribution in [0, 0.1) is 0 Å². The molecule has 0 amide bonds. The van der Waals surface area contributed by atoms with Crippen molar-refractivity contribution in [1.29, 1.82) is 0 Å². The maximum atomic E-state index is 13.4. The third-order valence-electron chi connectivity index (χ3n) is 7.44. The fourth-order valence-corrected chi connectivity index (χ4v) is 7.66. The highest BCUT2D eigenvalue weighted by atomic mass is 35.5. The Hall–Kier alpha value is -0.643. The highest BCUT2D eigenvalue weighted by molar-refractivity contribution is 7.88. The first-order chi connectivity index (χ1) is 16.6. The molecular formula is C26H37Cl3N2O3SSi. The smallest absolute Gasteiger partial charge is 0.218 e. The summed E-state index contributed by atoms with van der Waals surface area (Å²) in [6.07, 6.45) is 1.07. The second-order valence-electron chi connectivity index (χ2n) is 11.1. The van der Waals surface area contributed by atoms with Crippen LogP contribution in [0.4, 0.5) is 0 Å². The summed E-state index contributed by atoms with van der Waals surface area (Å²) in [6.45, 7) is 13.2. The summed E-state index contributed by atoms with van der Waals surface area (Å²) in [5.41, 5.74) is 1.39. The first kappa shape index (κ1) is 29.9. The molecular weight excluding hydrogens is 555 g/mol. The van der Waals surface area contributed by atoms with Crippen LogP contribution in [-0.4, -0.2) is 58.7 Å². The van der Waals surface area contributed by atoms with Gasteiger partial charge in [-0.2, -0.15) is 0 Å². The van der Waals surface area contributed by atoms with Gasteiger partial charge in [0.2, 0.25) is 10.0 Å². The van der Waals surface area contributed by atoms with Crippen molar-refractivity contribution in [3.8, 4) is 0 Å². The van der Waals surface area contributed by atoms with Crippen molar-refractivity contribution in [2.45, 2.75) is 63.2 Å². The molecule has 0 aliphatic carbocycles. The van der Waals surface area contributed by atoms with Gasteiger partial charge in [0.15, 0.2) is 8.32 Å². The van der Waals surface area contributed by atoms with Crippen molar-refractivity contribution in [3.05, 3.63) is 68.7 Å². The number of nitrogens with zero attached hydrogens (tertiary/aromatic N) is 2. The molecule has 3 rings (SSSR count).